The lowest BCUT2D eigenvalue weighted by Gasteiger charge is -2.25. The van der Waals surface area contributed by atoms with Crippen LogP contribution in [0.4, 0.5) is 0 Å². The minimum atomic E-state index is -0.716. The minimum absolute atomic E-state index is 0.247. The molecule has 1 aromatic heterocycles. The van der Waals surface area contributed by atoms with E-state index in [0.717, 1.165) is 0 Å². The smallest absolute Gasteiger partial charge is 0.330 e. The van der Waals surface area contributed by atoms with Crippen molar-refractivity contribution in [2.75, 3.05) is 19.4 Å². The number of carbonyl (C=O) groups excluding carboxylic acids is 3. The highest BCUT2D eigenvalue weighted by Gasteiger charge is 2.43. The molecule has 21 heavy (non-hydrogen) atoms. The van der Waals surface area contributed by atoms with E-state index in [0.29, 0.717) is 11.5 Å². The van der Waals surface area contributed by atoms with Crippen LogP contribution in [-0.4, -0.2) is 48.1 Å². The van der Waals surface area contributed by atoms with E-state index in [4.69, 9.17) is 9.15 Å². The van der Waals surface area contributed by atoms with Gasteiger partial charge < -0.3 is 19.4 Å². The van der Waals surface area contributed by atoms with Gasteiger partial charge in [-0.1, -0.05) is 0 Å². The number of nitrogens with zero attached hydrogens (tertiary/aromatic N) is 1. The Morgan fingerprint density at radius 3 is 2.86 bits per heavy atom. The molecule has 0 aliphatic carbocycles. The Bertz CT molecular complexity index is 531. The first kappa shape index (κ1) is 15.4. The predicted molar refractivity (Wildman–Crippen MR) is 75.2 cm³/mol. The fraction of sp³-hybridized carbons (Fsp3) is 0.462. The Hall–Kier alpha value is -1.96. The molecule has 0 saturated carbocycles. The van der Waals surface area contributed by atoms with E-state index < -0.39 is 17.9 Å². The normalized spacial score (nSPS) is 21.1. The van der Waals surface area contributed by atoms with Crippen LogP contribution in [0.2, 0.25) is 0 Å². The lowest BCUT2D eigenvalue weighted by molar-refractivity contribution is -0.156. The van der Waals surface area contributed by atoms with E-state index in [1.54, 1.807) is 12.1 Å². The lowest BCUT2D eigenvalue weighted by Crippen LogP contribution is -2.43. The van der Waals surface area contributed by atoms with Gasteiger partial charge in [0.1, 0.15) is 17.2 Å². The van der Waals surface area contributed by atoms with Crippen molar-refractivity contribution in [1.29, 1.82) is 0 Å². The Morgan fingerprint density at radius 1 is 1.52 bits per heavy atom. The molecule has 0 radical (unpaired) electrons. The number of hydrogen-bond donors (Lipinski definition) is 1. The molecule has 114 valence electrons. The molecule has 2 atom stereocenters. The molecule has 2 rings (SSSR count). The van der Waals surface area contributed by atoms with Crippen molar-refractivity contribution in [2.24, 2.45) is 0 Å². The van der Waals surface area contributed by atoms with Gasteiger partial charge in [0, 0.05) is 19.7 Å². The van der Waals surface area contributed by atoms with Gasteiger partial charge in [-0.3, -0.25) is 9.59 Å². The van der Waals surface area contributed by atoms with Gasteiger partial charge in [-0.15, -0.1) is 11.8 Å². The molecule has 8 heteroatoms. The van der Waals surface area contributed by atoms with E-state index in [1.807, 2.05) is 0 Å². The average molecular weight is 312 g/mol. The van der Waals surface area contributed by atoms with Crippen molar-refractivity contribution in [2.45, 2.75) is 18.3 Å². The van der Waals surface area contributed by atoms with Gasteiger partial charge in [-0.2, -0.15) is 0 Å². The topological polar surface area (TPSA) is 88.8 Å². The zero-order chi connectivity index (χ0) is 15.4. The van der Waals surface area contributed by atoms with Crippen LogP contribution in [0.5, 0.6) is 0 Å². The van der Waals surface area contributed by atoms with Crippen molar-refractivity contribution in [1.82, 2.24) is 10.2 Å². The second-order valence-corrected chi connectivity index (χ2v) is 5.54. The van der Waals surface area contributed by atoms with Crippen molar-refractivity contribution in [3.05, 3.63) is 24.2 Å². The number of thioether (sulfide) groups is 1. The lowest BCUT2D eigenvalue weighted by atomic mass is 10.2. The molecule has 2 heterocycles. The summed E-state index contributed by atoms with van der Waals surface area (Å²) in [5.41, 5.74) is 0. The zero-order valence-corrected chi connectivity index (χ0v) is 12.5. The highest BCUT2D eigenvalue weighted by molar-refractivity contribution is 7.99. The molecule has 1 aliphatic rings. The Kier molecular flexibility index (Phi) is 4.89. The third-order valence-corrected chi connectivity index (χ3v) is 4.33. The van der Waals surface area contributed by atoms with Gasteiger partial charge in [-0.05, 0) is 12.1 Å². The molecule has 1 saturated heterocycles. The predicted octanol–water partition coefficient (Wildman–Crippen LogP) is 0.531. The average Bonchev–Trinajstić information content (AvgIpc) is 3.11. The molecule has 0 bridgehead atoms. The van der Waals surface area contributed by atoms with Gasteiger partial charge in [0.15, 0.2) is 6.61 Å². The number of esters is 1. The van der Waals surface area contributed by atoms with Gasteiger partial charge in [-0.25, -0.2) is 4.79 Å². The first-order valence-corrected chi connectivity index (χ1v) is 7.40. The number of amides is 2. The van der Waals surface area contributed by atoms with Gasteiger partial charge in [0.05, 0.1) is 6.26 Å². The molecule has 0 unspecified atom stereocenters. The van der Waals surface area contributed by atoms with Gasteiger partial charge in [0.25, 0.3) is 5.91 Å². The number of furan rings is 1. The second kappa shape index (κ2) is 6.66. The minimum Gasteiger partial charge on any atom is -0.466 e. The third-order valence-electron chi connectivity index (χ3n) is 3.05. The summed E-state index contributed by atoms with van der Waals surface area (Å²) in [6.45, 7) is 1.04. The van der Waals surface area contributed by atoms with Crippen LogP contribution in [0.25, 0.3) is 0 Å². The summed E-state index contributed by atoms with van der Waals surface area (Å²) in [4.78, 5) is 36.4. The zero-order valence-electron chi connectivity index (χ0n) is 11.7. The highest BCUT2D eigenvalue weighted by Crippen LogP contribution is 2.41. The summed E-state index contributed by atoms with van der Waals surface area (Å²) in [7, 11) is 1.45. The first-order valence-electron chi connectivity index (χ1n) is 6.35. The molecule has 0 aromatic carbocycles. The van der Waals surface area contributed by atoms with Crippen molar-refractivity contribution in [3.63, 3.8) is 0 Å². The van der Waals surface area contributed by atoms with Gasteiger partial charge >= 0.3 is 5.97 Å². The Morgan fingerprint density at radius 2 is 2.29 bits per heavy atom. The van der Waals surface area contributed by atoms with Crippen LogP contribution in [0, 0.1) is 0 Å². The molecular weight excluding hydrogens is 296 g/mol. The fourth-order valence-corrected chi connectivity index (χ4v) is 3.44. The van der Waals surface area contributed by atoms with Crippen LogP contribution in [0.3, 0.4) is 0 Å². The fourth-order valence-electron chi connectivity index (χ4n) is 2.03. The van der Waals surface area contributed by atoms with Crippen LogP contribution in [0.15, 0.2) is 22.8 Å². The number of ether oxygens (including phenoxy) is 1. The van der Waals surface area contributed by atoms with E-state index in [-0.39, 0.29) is 17.9 Å². The van der Waals surface area contributed by atoms with E-state index in [1.165, 1.54) is 36.9 Å². The Labute approximate surface area is 126 Å². The van der Waals surface area contributed by atoms with E-state index in [9.17, 15) is 14.4 Å². The molecule has 1 aliphatic heterocycles. The summed E-state index contributed by atoms with van der Waals surface area (Å²) in [6, 6.07) is 2.77. The molecule has 7 nitrogen and oxygen atoms in total. The third kappa shape index (κ3) is 3.38. The summed E-state index contributed by atoms with van der Waals surface area (Å²) >= 11 is 1.42. The highest BCUT2D eigenvalue weighted by atomic mass is 32.2. The first-order chi connectivity index (χ1) is 10.0. The molecule has 1 N–H and O–H groups in total. The molecular formula is C13H16N2O5S. The van der Waals surface area contributed by atoms with Crippen LogP contribution in [0.1, 0.15) is 18.1 Å². The van der Waals surface area contributed by atoms with E-state index >= 15 is 0 Å². The summed E-state index contributed by atoms with van der Waals surface area (Å²) in [6.07, 6.45) is 1.52. The monoisotopic (exact) mass is 312 g/mol. The number of likely N-dealkylation sites (N-methyl/N-ethyl adjacent to an activating group) is 1. The van der Waals surface area contributed by atoms with Crippen molar-refractivity contribution in [3.8, 4) is 0 Å². The molecule has 1 fully saturated rings. The largest absolute Gasteiger partial charge is 0.466 e. The summed E-state index contributed by atoms with van der Waals surface area (Å²) < 4.78 is 10.2. The van der Waals surface area contributed by atoms with Crippen molar-refractivity contribution >= 4 is 29.5 Å². The van der Waals surface area contributed by atoms with E-state index in [2.05, 4.69) is 5.32 Å². The summed E-state index contributed by atoms with van der Waals surface area (Å²) in [5, 5.41) is 2.01. The maximum Gasteiger partial charge on any atom is 0.330 e. The Balaban J connectivity index is 2.07. The number of hydrogen-bond acceptors (Lipinski definition) is 6. The standard InChI is InChI=1S/C13H16N2O5S/c1-8(16)15-9(13(18)20-6-11(17)14-2)7-21-12(15)10-4-3-5-19-10/h3-5,9,12H,6-7H2,1-2H3,(H,14,17)/t9-,12-/m0/s1. The number of nitrogens with one attached hydrogen (secondary N) is 1. The quantitative estimate of drug-likeness (QED) is 0.816. The van der Waals surface area contributed by atoms with Crippen LogP contribution >= 0.6 is 11.8 Å². The van der Waals surface area contributed by atoms with Gasteiger partial charge in [0.2, 0.25) is 5.91 Å². The molecule has 1 aromatic rings. The molecule has 0 spiro atoms. The maximum atomic E-state index is 12.1. The van der Waals surface area contributed by atoms with Crippen molar-refractivity contribution < 1.29 is 23.5 Å². The summed E-state index contributed by atoms with van der Waals surface area (Å²) in [5.74, 6) is -0.223. The maximum absolute atomic E-state index is 12.1. The molecule has 2 amide bonds. The number of rotatable bonds is 4. The number of carbonyl (C=O) groups is 3. The van der Waals surface area contributed by atoms with Crippen LogP contribution in [-0.2, 0) is 19.1 Å². The van der Waals surface area contributed by atoms with Crippen LogP contribution < -0.4 is 5.32 Å². The SMILES string of the molecule is CNC(=O)COC(=O)[C@@H]1CS[C@@H](c2ccco2)N1C(C)=O. The second-order valence-electron chi connectivity index (χ2n) is 4.42.